The average molecular weight is 134 g/mol. The zero-order valence-electron chi connectivity index (χ0n) is 5.32. The lowest BCUT2D eigenvalue weighted by Gasteiger charge is -1.89. The Morgan fingerprint density at radius 1 is 1.10 bits per heavy atom. The van der Waals surface area contributed by atoms with Crippen LogP contribution in [-0.4, -0.2) is 6.72 Å². The molecule has 0 aliphatic carbocycles. The first-order chi connectivity index (χ1) is 4.86. The lowest BCUT2D eigenvalue weighted by atomic mass is 10.3. The van der Waals surface area contributed by atoms with E-state index in [4.69, 9.17) is 0 Å². The van der Waals surface area contributed by atoms with Gasteiger partial charge in [-0.15, -0.1) is 4.91 Å². The first-order valence-corrected chi connectivity index (χ1v) is 2.77. The van der Waals surface area contributed by atoms with Gasteiger partial charge in [-0.05, 0) is 36.2 Å². The van der Waals surface area contributed by atoms with Gasteiger partial charge in [0.15, 0.2) is 0 Å². The summed E-state index contributed by atoms with van der Waals surface area (Å²) in [6, 6.07) is 6.56. The number of aliphatic imine (C=N–C) groups is 1. The number of benzene rings is 1. The molecule has 0 heterocycles. The van der Waals surface area contributed by atoms with E-state index in [1.165, 1.54) is 0 Å². The van der Waals surface area contributed by atoms with E-state index in [0.717, 1.165) is 5.69 Å². The molecule has 0 atom stereocenters. The van der Waals surface area contributed by atoms with Gasteiger partial charge in [0.1, 0.15) is 5.69 Å². The van der Waals surface area contributed by atoms with Crippen molar-refractivity contribution in [1.82, 2.24) is 0 Å². The lowest BCUT2D eigenvalue weighted by molar-refractivity contribution is 1.47. The number of rotatable bonds is 2. The summed E-state index contributed by atoms with van der Waals surface area (Å²) in [7, 11) is 0. The monoisotopic (exact) mass is 134 g/mol. The molecule has 3 heteroatoms. The second kappa shape index (κ2) is 2.87. The maximum Gasteiger partial charge on any atom is 0.108 e. The second-order valence-electron chi connectivity index (χ2n) is 1.77. The van der Waals surface area contributed by atoms with Crippen molar-refractivity contribution in [3.05, 3.63) is 29.2 Å². The molecule has 1 aromatic rings. The Hall–Kier alpha value is -1.51. The smallest absolute Gasteiger partial charge is 0.108 e. The minimum absolute atomic E-state index is 0.410. The Morgan fingerprint density at radius 2 is 1.60 bits per heavy atom. The number of nitrogens with zero attached hydrogens (tertiary/aromatic N) is 2. The number of nitroso groups, excluding NO2 is 1. The molecule has 10 heavy (non-hydrogen) atoms. The summed E-state index contributed by atoms with van der Waals surface area (Å²) in [4.78, 5) is 13.6. The van der Waals surface area contributed by atoms with Gasteiger partial charge >= 0.3 is 0 Å². The van der Waals surface area contributed by atoms with Crippen molar-refractivity contribution in [2.24, 2.45) is 10.2 Å². The first-order valence-electron chi connectivity index (χ1n) is 2.77. The maximum absolute atomic E-state index is 9.91. The SMILES string of the molecule is C=Nc1ccc(N=O)cc1. The summed E-state index contributed by atoms with van der Waals surface area (Å²) >= 11 is 0. The van der Waals surface area contributed by atoms with Gasteiger partial charge in [0.2, 0.25) is 0 Å². The van der Waals surface area contributed by atoms with E-state index in [2.05, 4.69) is 16.9 Å². The van der Waals surface area contributed by atoms with Gasteiger partial charge in [-0.25, -0.2) is 0 Å². The van der Waals surface area contributed by atoms with Crippen LogP contribution in [0.15, 0.2) is 34.4 Å². The predicted molar refractivity (Wildman–Crippen MR) is 41.1 cm³/mol. The third-order valence-electron chi connectivity index (χ3n) is 1.14. The van der Waals surface area contributed by atoms with Crippen LogP contribution in [0.5, 0.6) is 0 Å². The highest BCUT2D eigenvalue weighted by Gasteiger charge is 1.88. The molecule has 0 radical (unpaired) electrons. The molecule has 0 fully saturated rings. The first kappa shape index (κ1) is 6.61. The molecule has 0 saturated carbocycles. The van der Waals surface area contributed by atoms with Gasteiger partial charge in [-0.3, -0.25) is 4.99 Å². The second-order valence-corrected chi connectivity index (χ2v) is 1.77. The quantitative estimate of drug-likeness (QED) is 0.452. The van der Waals surface area contributed by atoms with E-state index in [1.807, 2.05) is 0 Å². The number of hydrogen-bond donors (Lipinski definition) is 0. The van der Waals surface area contributed by atoms with E-state index >= 15 is 0 Å². The molecule has 1 aromatic carbocycles. The summed E-state index contributed by atoms with van der Waals surface area (Å²) in [6.45, 7) is 3.33. The number of hydrogen-bond acceptors (Lipinski definition) is 3. The van der Waals surface area contributed by atoms with Gasteiger partial charge in [0, 0.05) is 0 Å². The Bertz CT molecular complexity index is 213. The molecular weight excluding hydrogens is 128 g/mol. The highest BCUT2D eigenvalue weighted by Crippen LogP contribution is 2.16. The maximum atomic E-state index is 9.91. The molecule has 0 aliphatic rings. The van der Waals surface area contributed by atoms with Crippen molar-refractivity contribution in [2.45, 2.75) is 0 Å². The normalized spacial score (nSPS) is 8.80. The van der Waals surface area contributed by atoms with Crippen LogP contribution < -0.4 is 0 Å². The molecule has 0 N–H and O–H groups in total. The van der Waals surface area contributed by atoms with E-state index < -0.39 is 0 Å². The largest absolute Gasteiger partial charge is 0.265 e. The minimum Gasteiger partial charge on any atom is -0.265 e. The van der Waals surface area contributed by atoms with Crippen molar-refractivity contribution in [1.29, 1.82) is 0 Å². The lowest BCUT2D eigenvalue weighted by Crippen LogP contribution is -1.61. The zero-order valence-corrected chi connectivity index (χ0v) is 5.32. The van der Waals surface area contributed by atoms with E-state index in [9.17, 15) is 4.91 Å². The van der Waals surface area contributed by atoms with Crippen LogP contribution in [0.2, 0.25) is 0 Å². The molecule has 0 aliphatic heterocycles. The Morgan fingerprint density at radius 3 is 2.00 bits per heavy atom. The fraction of sp³-hybridized carbons (Fsp3) is 0. The van der Waals surface area contributed by atoms with Crippen LogP contribution in [0.25, 0.3) is 0 Å². The molecule has 0 bridgehead atoms. The molecule has 0 spiro atoms. The summed E-state index contributed by atoms with van der Waals surface area (Å²) in [5.41, 5.74) is 1.15. The summed E-state index contributed by atoms with van der Waals surface area (Å²) in [5, 5.41) is 2.73. The third kappa shape index (κ3) is 1.25. The molecule has 0 amide bonds. The van der Waals surface area contributed by atoms with Crippen molar-refractivity contribution in [2.75, 3.05) is 0 Å². The van der Waals surface area contributed by atoms with Crippen LogP contribution in [-0.2, 0) is 0 Å². The Balaban J connectivity index is 3.00. The molecule has 3 nitrogen and oxygen atoms in total. The van der Waals surface area contributed by atoms with E-state index in [0.29, 0.717) is 5.69 Å². The van der Waals surface area contributed by atoms with Gasteiger partial charge in [-0.2, -0.15) is 0 Å². The Kier molecular flexibility index (Phi) is 1.89. The van der Waals surface area contributed by atoms with Crippen LogP contribution in [0.4, 0.5) is 11.4 Å². The van der Waals surface area contributed by atoms with Crippen LogP contribution in [0, 0.1) is 4.91 Å². The van der Waals surface area contributed by atoms with Crippen LogP contribution in [0.1, 0.15) is 0 Å². The summed E-state index contributed by atoms with van der Waals surface area (Å²) < 4.78 is 0. The van der Waals surface area contributed by atoms with Gasteiger partial charge < -0.3 is 0 Å². The fourth-order valence-electron chi connectivity index (χ4n) is 0.619. The summed E-state index contributed by atoms with van der Waals surface area (Å²) in [5.74, 6) is 0. The third-order valence-corrected chi connectivity index (χ3v) is 1.14. The highest BCUT2D eigenvalue weighted by molar-refractivity contribution is 5.50. The van der Waals surface area contributed by atoms with Crippen molar-refractivity contribution in [3.63, 3.8) is 0 Å². The average Bonchev–Trinajstić information content (AvgIpc) is 2.05. The Labute approximate surface area is 58.4 Å². The highest BCUT2D eigenvalue weighted by atomic mass is 16.3. The van der Waals surface area contributed by atoms with Crippen molar-refractivity contribution >= 4 is 18.1 Å². The zero-order chi connectivity index (χ0) is 7.40. The predicted octanol–water partition coefficient (Wildman–Crippen LogP) is 2.42. The van der Waals surface area contributed by atoms with E-state index in [-0.39, 0.29) is 0 Å². The van der Waals surface area contributed by atoms with Crippen molar-refractivity contribution < 1.29 is 0 Å². The molecule has 0 saturated heterocycles. The van der Waals surface area contributed by atoms with Crippen LogP contribution in [0.3, 0.4) is 0 Å². The molecule has 0 aromatic heterocycles. The van der Waals surface area contributed by atoms with Crippen LogP contribution >= 0.6 is 0 Å². The standard InChI is InChI=1S/C7H6N2O/c1-8-6-2-4-7(9-10)5-3-6/h2-5H,1H2. The molecule has 50 valence electrons. The fourth-order valence-corrected chi connectivity index (χ4v) is 0.619. The molecular formula is C7H6N2O. The topological polar surface area (TPSA) is 41.8 Å². The summed E-state index contributed by atoms with van der Waals surface area (Å²) in [6.07, 6.45) is 0. The van der Waals surface area contributed by atoms with Gasteiger partial charge in [0.05, 0.1) is 5.69 Å². The molecule has 1 rings (SSSR count). The van der Waals surface area contributed by atoms with Crippen molar-refractivity contribution in [3.8, 4) is 0 Å². The van der Waals surface area contributed by atoms with Gasteiger partial charge in [0.25, 0.3) is 0 Å². The van der Waals surface area contributed by atoms with Gasteiger partial charge in [-0.1, -0.05) is 0 Å². The minimum atomic E-state index is 0.410. The van der Waals surface area contributed by atoms with E-state index in [1.54, 1.807) is 24.3 Å². The molecule has 0 unspecified atom stereocenters.